The molecule has 0 saturated heterocycles. The highest BCUT2D eigenvalue weighted by Crippen LogP contribution is 2.17. The molecule has 0 spiro atoms. The van der Waals surface area contributed by atoms with Crippen LogP contribution >= 0.6 is 0 Å². The lowest BCUT2D eigenvalue weighted by molar-refractivity contribution is -0.142. The van der Waals surface area contributed by atoms with Crippen LogP contribution in [0.4, 0.5) is 0 Å². The topological polar surface area (TPSA) is 116 Å². The molecule has 1 rings (SSSR count). The molecule has 132 valence electrons. The first-order chi connectivity index (χ1) is 11.3. The SMILES string of the molecule is CCCC[C@H](NC(=O)CCNC(=O)c1ccc(C)cc1O)C(=O)O. The van der Waals surface area contributed by atoms with E-state index in [1.54, 1.807) is 13.0 Å². The maximum absolute atomic E-state index is 11.9. The molecule has 0 saturated carbocycles. The summed E-state index contributed by atoms with van der Waals surface area (Å²) in [6, 6.07) is 3.78. The molecule has 7 heteroatoms. The zero-order chi connectivity index (χ0) is 18.1. The molecule has 0 aliphatic rings. The molecular weight excluding hydrogens is 312 g/mol. The Labute approximate surface area is 141 Å². The quantitative estimate of drug-likeness (QED) is 0.546. The van der Waals surface area contributed by atoms with Gasteiger partial charge in [-0.25, -0.2) is 4.79 Å². The predicted molar refractivity (Wildman–Crippen MR) is 88.9 cm³/mol. The minimum Gasteiger partial charge on any atom is -0.507 e. The number of phenols is 1. The Morgan fingerprint density at radius 2 is 1.96 bits per heavy atom. The van der Waals surface area contributed by atoms with Crippen LogP contribution < -0.4 is 10.6 Å². The van der Waals surface area contributed by atoms with E-state index in [2.05, 4.69) is 10.6 Å². The zero-order valence-corrected chi connectivity index (χ0v) is 14.0. The van der Waals surface area contributed by atoms with E-state index in [0.29, 0.717) is 12.8 Å². The number of carbonyl (C=O) groups excluding carboxylic acids is 2. The van der Waals surface area contributed by atoms with Crippen molar-refractivity contribution in [2.75, 3.05) is 6.54 Å². The van der Waals surface area contributed by atoms with Gasteiger partial charge in [0.15, 0.2) is 0 Å². The number of aliphatic carboxylic acids is 1. The third-order valence-electron chi connectivity index (χ3n) is 3.52. The molecule has 0 bridgehead atoms. The summed E-state index contributed by atoms with van der Waals surface area (Å²) in [5.41, 5.74) is 0.961. The number of aryl methyl sites for hydroxylation is 1. The van der Waals surface area contributed by atoms with Crippen LogP contribution in [-0.4, -0.2) is 40.6 Å². The molecule has 0 aliphatic carbocycles. The Hall–Kier alpha value is -2.57. The van der Waals surface area contributed by atoms with Gasteiger partial charge in [-0.1, -0.05) is 25.8 Å². The van der Waals surface area contributed by atoms with Gasteiger partial charge in [-0.2, -0.15) is 0 Å². The summed E-state index contributed by atoms with van der Waals surface area (Å²) in [7, 11) is 0. The fourth-order valence-corrected chi connectivity index (χ4v) is 2.15. The third-order valence-corrected chi connectivity index (χ3v) is 3.52. The first-order valence-electron chi connectivity index (χ1n) is 7.95. The second kappa shape index (κ2) is 9.54. The molecule has 0 unspecified atom stereocenters. The van der Waals surface area contributed by atoms with E-state index < -0.39 is 23.8 Å². The summed E-state index contributed by atoms with van der Waals surface area (Å²) in [4.78, 5) is 34.8. The smallest absolute Gasteiger partial charge is 0.326 e. The zero-order valence-electron chi connectivity index (χ0n) is 14.0. The fourth-order valence-electron chi connectivity index (χ4n) is 2.15. The maximum atomic E-state index is 11.9. The van der Waals surface area contributed by atoms with Gasteiger partial charge in [0, 0.05) is 13.0 Å². The van der Waals surface area contributed by atoms with E-state index in [9.17, 15) is 19.5 Å². The van der Waals surface area contributed by atoms with Crippen molar-refractivity contribution in [2.24, 2.45) is 0 Å². The molecule has 0 fully saturated rings. The molecule has 2 amide bonds. The van der Waals surface area contributed by atoms with E-state index in [0.717, 1.165) is 12.0 Å². The van der Waals surface area contributed by atoms with Crippen LogP contribution in [0.2, 0.25) is 0 Å². The number of unbranched alkanes of at least 4 members (excludes halogenated alkanes) is 1. The van der Waals surface area contributed by atoms with Crippen molar-refractivity contribution in [1.82, 2.24) is 10.6 Å². The van der Waals surface area contributed by atoms with Gasteiger partial charge >= 0.3 is 5.97 Å². The third kappa shape index (κ3) is 6.28. The maximum Gasteiger partial charge on any atom is 0.326 e. The van der Waals surface area contributed by atoms with Gasteiger partial charge in [0.25, 0.3) is 5.91 Å². The van der Waals surface area contributed by atoms with E-state index in [-0.39, 0.29) is 24.3 Å². The van der Waals surface area contributed by atoms with Crippen molar-refractivity contribution < 1.29 is 24.6 Å². The predicted octanol–water partition coefficient (Wildman–Crippen LogP) is 1.58. The lowest BCUT2D eigenvalue weighted by Crippen LogP contribution is -2.42. The number of nitrogens with one attached hydrogen (secondary N) is 2. The van der Waals surface area contributed by atoms with E-state index in [4.69, 9.17) is 5.11 Å². The average Bonchev–Trinajstić information content (AvgIpc) is 2.50. The molecule has 1 aromatic carbocycles. The van der Waals surface area contributed by atoms with Gasteiger partial charge in [0.2, 0.25) is 5.91 Å². The minimum atomic E-state index is -1.06. The van der Waals surface area contributed by atoms with Gasteiger partial charge in [0.1, 0.15) is 11.8 Å². The van der Waals surface area contributed by atoms with Crippen molar-refractivity contribution in [3.05, 3.63) is 29.3 Å². The van der Waals surface area contributed by atoms with Crippen LogP contribution in [-0.2, 0) is 9.59 Å². The van der Waals surface area contributed by atoms with Crippen molar-refractivity contribution in [3.8, 4) is 5.75 Å². The molecular formula is C17H24N2O5. The van der Waals surface area contributed by atoms with E-state index >= 15 is 0 Å². The van der Waals surface area contributed by atoms with Crippen molar-refractivity contribution in [1.29, 1.82) is 0 Å². The number of rotatable bonds is 9. The number of carbonyl (C=O) groups is 3. The number of carboxylic acids is 1. The molecule has 0 aliphatic heterocycles. The highest BCUT2D eigenvalue weighted by atomic mass is 16.4. The second-order valence-electron chi connectivity index (χ2n) is 5.63. The Balaban J connectivity index is 2.44. The lowest BCUT2D eigenvalue weighted by atomic mass is 10.1. The second-order valence-corrected chi connectivity index (χ2v) is 5.63. The Morgan fingerprint density at radius 1 is 1.25 bits per heavy atom. The number of hydrogen-bond donors (Lipinski definition) is 4. The Kier molecular flexibility index (Phi) is 7.74. The largest absolute Gasteiger partial charge is 0.507 e. The van der Waals surface area contributed by atoms with Gasteiger partial charge in [-0.3, -0.25) is 9.59 Å². The van der Waals surface area contributed by atoms with Crippen molar-refractivity contribution >= 4 is 17.8 Å². The van der Waals surface area contributed by atoms with Crippen molar-refractivity contribution in [3.63, 3.8) is 0 Å². The molecule has 0 heterocycles. The number of carboxylic acid groups (broad SMARTS) is 1. The number of hydrogen-bond acceptors (Lipinski definition) is 4. The molecule has 0 aromatic heterocycles. The summed E-state index contributed by atoms with van der Waals surface area (Å²) < 4.78 is 0. The number of aromatic hydroxyl groups is 1. The van der Waals surface area contributed by atoms with Crippen LogP contribution in [0.3, 0.4) is 0 Å². The summed E-state index contributed by atoms with van der Waals surface area (Å²) in [6.07, 6.45) is 1.89. The lowest BCUT2D eigenvalue weighted by Gasteiger charge is -2.14. The summed E-state index contributed by atoms with van der Waals surface area (Å²) >= 11 is 0. The monoisotopic (exact) mass is 336 g/mol. The van der Waals surface area contributed by atoms with Gasteiger partial charge in [-0.15, -0.1) is 0 Å². The van der Waals surface area contributed by atoms with Gasteiger partial charge < -0.3 is 20.8 Å². The van der Waals surface area contributed by atoms with Crippen molar-refractivity contribution in [2.45, 2.75) is 45.6 Å². The first-order valence-corrected chi connectivity index (χ1v) is 7.95. The highest BCUT2D eigenvalue weighted by molar-refractivity contribution is 5.97. The standard InChI is InChI=1S/C17H24N2O5/c1-3-4-5-13(17(23)24)19-15(21)8-9-18-16(22)12-7-6-11(2)10-14(12)20/h6-7,10,13,20H,3-5,8-9H2,1-2H3,(H,18,22)(H,19,21)(H,23,24)/t13-/m0/s1. The molecule has 1 atom stereocenters. The van der Waals surface area contributed by atoms with Gasteiger partial charge in [-0.05, 0) is 31.0 Å². The highest BCUT2D eigenvalue weighted by Gasteiger charge is 2.19. The average molecular weight is 336 g/mol. The van der Waals surface area contributed by atoms with Crippen LogP contribution in [0.25, 0.3) is 0 Å². The molecule has 1 aromatic rings. The van der Waals surface area contributed by atoms with Crippen LogP contribution in [0.1, 0.15) is 48.5 Å². The van der Waals surface area contributed by atoms with E-state index in [1.165, 1.54) is 12.1 Å². The normalized spacial score (nSPS) is 11.6. The molecule has 24 heavy (non-hydrogen) atoms. The van der Waals surface area contributed by atoms with Gasteiger partial charge in [0.05, 0.1) is 5.56 Å². The summed E-state index contributed by atoms with van der Waals surface area (Å²) in [5.74, 6) is -2.11. The Morgan fingerprint density at radius 3 is 2.54 bits per heavy atom. The van der Waals surface area contributed by atoms with Crippen LogP contribution in [0.15, 0.2) is 18.2 Å². The minimum absolute atomic E-state index is 0.0335. The molecule has 0 radical (unpaired) electrons. The first kappa shape index (κ1) is 19.5. The number of phenolic OH excluding ortho intramolecular Hbond substituents is 1. The van der Waals surface area contributed by atoms with E-state index in [1.807, 2.05) is 6.92 Å². The van der Waals surface area contributed by atoms with Crippen LogP contribution in [0.5, 0.6) is 5.75 Å². The number of amides is 2. The molecule has 7 nitrogen and oxygen atoms in total. The fraction of sp³-hybridized carbons (Fsp3) is 0.471. The Bertz CT molecular complexity index is 601. The molecule has 4 N–H and O–H groups in total. The van der Waals surface area contributed by atoms with Crippen LogP contribution in [0, 0.1) is 6.92 Å². The summed E-state index contributed by atoms with van der Waals surface area (Å²) in [5, 5.41) is 23.8. The number of benzene rings is 1. The summed E-state index contributed by atoms with van der Waals surface area (Å²) in [6.45, 7) is 3.79.